The van der Waals surface area contributed by atoms with Gasteiger partial charge in [0.15, 0.2) is 9.84 Å². The van der Waals surface area contributed by atoms with E-state index in [1.54, 1.807) is 4.90 Å². The van der Waals surface area contributed by atoms with Crippen molar-refractivity contribution in [3.63, 3.8) is 0 Å². The summed E-state index contributed by atoms with van der Waals surface area (Å²) in [5.74, 6) is 0.668. The van der Waals surface area contributed by atoms with Gasteiger partial charge >= 0.3 is 0 Å². The van der Waals surface area contributed by atoms with Crippen molar-refractivity contribution in [2.24, 2.45) is 5.92 Å². The molecule has 0 bridgehead atoms. The zero-order valence-electron chi connectivity index (χ0n) is 14.1. The summed E-state index contributed by atoms with van der Waals surface area (Å²) in [4.78, 5) is 16.7. The fraction of sp³-hybridized carbons (Fsp3) is 0.588. The van der Waals surface area contributed by atoms with Gasteiger partial charge < -0.3 is 4.90 Å². The standard InChI is InChI=1S/C17H26N2O3S/c1-14(2)13-18(3)17(20)16(15-7-5-4-6-8-15)19-9-11-23(21,22)12-10-19/h4-8,14,16H,9-13H2,1-3H3/t16-/m1/s1. The van der Waals surface area contributed by atoms with Crippen LogP contribution in [0.2, 0.25) is 0 Å². The monoisotopic (exact) mass is 338 g/mol. The summed E-state index contributed by atoms with van der Waals surface area (Å²) in [6, 6.07) is 9.22. The van der Waals surface area contributed by atoms with Crippen molar-refractivity contribution in [2.45, 2.75) is 19.9 Å². The molecule has 0 N–H and O–H groups in total. The first-order chi connectivity index (χ1) is 10.8. The molecule has 2 rings (SSSR count). The van der Waals surface area contributed by atoms with Crippen LogP contribution in [0.3, 0.4) is 0 Å². The maximum absolute atomic E-state index is 13.0. The lowest BCUT2D eigenvalue weighted by atomic mass is 10.0. The van der Waals surface area contributed by atoms with E-state index in [1.165, 1.54) is 0 Å². The van der Waals surface area contributed by atoms with Gasteiger partial charge in [0.05, 0.1) is 11.5 Å². The topological polar surface area (TPSA) is 57.7 Å². The fourth-order valence-corrected chi connectivity index (χ4v) is 4.21. The molecule has 6 heteroatoms. The first kappa shape index (κ1) is 17.9. The lowest BCUT2D eigenvalue weighted by molar-refractivity contribution is -0.136. The van der Waals surface area contributed by atoms with Crippen LogP contribution in [0, 0.1) is 5.92 Å². The van der Waals surface area contributed by atoms with Gasteiger partial charge in [-0.2, -0.15) is 0 Å². The molecular weight excluding hydrogens is 312 g/mol. The van der Waals surface area contributed by atoms with Crippen LogP contribution in [-0.4, -0.2) is 62.3 Å². The third-order valence-electron chi connectivity index (χ3n) is 4.11. The summed E-state index contributed by atoms with van der Waals surface area (Å²) in [6.45, 7) is 5.66. The number of hydrogen-bond donors (Lipinski definition) is 0. The van der Waals surface area contributed by atoms with E-state index in [-0.39, 0.29) is 17.4 Å². The van der Waals surface area contributed by atoms with Gasteiger partial charge in [0.1, 0.15) is 6.04 Å². The lowest BCUT2D eigenvalue weighted by Crippen LogP contribution is -2.48. The summed E-state index contributed by atoms with van der Waals surface area (Å²) in [5.41, 5.74) is 0.924. The van der Waals surface area contributed by atoms with Crippen molar-refractivity contribution >= 4 is 15.7 Å². The van der Waals surface area contributed by atoms with E-state index >= 15 is 0 Å². The van der Waals surface area contributed by atoms with Crippen LogP contribution in [0.5, 0.6) is 0 Å². The Morgan fingerprint density at radius 2 is 1.74 bits per heavy atom. The van der Waals surface area contributed by atoms with Crippen LogP contribution < -0.4 is 0 Å². The molecule has 1 fully saturated rings. The van der Waals surface area contributed by atoms with Crippen molar-refractivity contribution < 1.29 is 13.2 Å². The Balaban J connectivity index is 2.24. The van der Waals surface area contributed by atoms with Crippen LogP contribution in [0.25, 0.3) is 0 Å². The van der Waals surface area contributed by atoms with Gasteiger partial charge in [-0.3, -0.25) is 9.69 Å². The highest BCUT2D eigenvalue weighted by Crippen LogP contribution is 2.25. The molecule has 1 atom stereocenters. The van der Waals surface area contributed by atoms with E-state index in [9.17, 15) is 13.2 Å². The Bertz CT molecular complexity index is 614. The Morgan fingerprint density at radius 1 is 1.17 bits per heavy atom. The molecular formula is C17H26N2O3S. The smallest absolute Gasteiger partial charge is 0.244 e. The molecule has 0 aromatic heterocycles. The van der Waals surface area contributed by atoms with E-state index < -0.39 is 15.9 Å². The minimum atomic E-state index is -2.96. The second-order valence-electron chi connectivity index (χ2n) is 6.61. The SMILES string of the molecule is CC(C)CN(C)C(=O)[C@@H](c1ccccc1)N1CCS(=O)(=O)CC1. The molecule has 1 heterocycles. The van der Waals surface area contributed by atoms with Gasteiger partial charge in [-0.05, 0) is 11.5 Å². The molecule has 128 valence electrons. The van der Waals surface area contributed by atoms with E-state index in [1.807, 2.05) is 42.3 Å². The lowest BCUT2D eigenvalue weighted by Gasteiger charge is -2.36. The number of nitrogens with zero attached hydrogens (tertiary/aromatic N) is 2. The summed E-state index contributed by atoms with van der Waals surface area (Å²) in [5, 5.41) is 0. The molecule has 1 amide bonds. The number of hydrogen-bond acceptors (Lipinski definition) is 4. The minimum Gasteiger partial charge on any atom is -0.344 e. The molecule has 23 heavy (non-hydrogen) atoms. The predicted molar refractivity (Wildman–Crippen MR) is 91.9 cm³/mol. The van der Waals surface area contributed by atoms with Gasteiger partial charge in [-0.1, -0.05) is 44.2 Å². The molecule has 1 aromatic rings. The van der Waals surface area contributed by atoms with Crippen LogP contribution in [0.4, 0.5) is 0 Å². The van der Waals surface area contributed by atoms with Crippen molar-refractivity contribution in [3.05, 3.63) is 35.9 Å². The van der Waals surface area contributed by atoms with E-state index in [0.717, 1.165) is 5.56 Å². The number of likely N-dealkylation sites (N-methyl/N-ethyl adjacent to an activating group) is 1. The number of carbonyl (C=O) groups is 1. The van der Waals surface area contributed by atoms with Gasteiger partial charge in [-0.15, -0.1) is 0 Å². The maximum Gasteiger partial charge on any atom is 0.244 e. The molecule has 1 saturated heterocycles. The molecule has 0 saturated carbocycles. The zero-order valence-corrected chi connectivity index (χ0v) is 14.9. The number of sulfone groups is 1. The Kier molecular flexibility index (Phi) is 5.81. The molecule has 0 radical (unpaired) electrons. The highest BCUT2D eigenvalue weighted by atomic mass is 32.2. The minimum absolute atomic E-state index is 0.0317. The highest BCUT2D eigenvalue weighted by Gasteiger charge is 2.33. The second kappa shape index (κ2) is 7.45. The molecule has 1 aliphatic rings. The number of benzene rings is 1. The Morgan fingerprint density at radius 3 is 2.26 bits per heavy atom. The molecule has 1 aromatic carbocycles. The third-order valence-corrected chi connectivity index (χ3v) is 5.72. The largest absolute Gasteiger partial charge is 0.344 e. The average molecular weight is 338 g/mol. The summed E-state index contributed by atoms with van der Waals surface area (Å²) in [7, 11) is -1.14. The van der Waals surface area contributed by atoms with Gasteiger partial charge in [0, 0.05) is 26.7 Å². The zero-order chi connectivity index (χ0) is 17.0. The van der Waals surface area contributed by atoms with Crippen molar-refractivity contribution in [1.29, 1.82) is 0 Å². The fourth-order valence-electron chi connectivity index (χ4n) is 2.98. The molecule has 1 aliphatic heterocycles. The first-order valence-corrected chi connectivity index (χ1v) is 9.86. The Hall–Kier alpha value is -1.40. The summed E-state index contributed by atoms with van der Waals surface area (Å²) < 4.78 is 23.4. The van der Waals surface area contributed by atoms with Gasteiger partial charge in [0.25, 0.3) is 0 Å². The highest BCUT2D eigenvalue weighted by molar-refractivity contribution is 7.91. The summed E-state index contributed by atoms with van der Waals surface area (Å²) in [6.07, 6.45) is 0. The average Bonchev–Trinajstić information content (AvgIpc) is 2.49. The molecule has 5 nitrogen and oxygen atoms in total. The molecule has 0 unspecified atom stereocenters. The normalized spacial score (nSPS) is 19.5. The van der Waals surface area contributed by atoms with Crippen LogP contribution in [0.1, 0.15) is 25.5 Å². The molecule has 0 spiro atoms. The predicted octanol–water partition coefficient (Wildman–Crippen LogP) is 1.57. The van der Waals surface area contributed by atoms with Crippen LogP contribution in [-0.2, 0) is 14.6 Å². The molecule has 0 aliphatic carbocycles. The van der Waals surface area contributed by atoms with Gasteiger partial charge in [-0.25, -0.2) is 8.42 Å². The third kappa shape index (κ3) is 4.78. The van der Waals surface area contributed by atoms with E-state index in [0.29, 0.717) is 25.6 Å². The Labute approximate surface area is 139 Å². The van der Waals surface area contributed by atoms with Crippen molar-refractivity contribution in [3.8, 4) is 0 Å². The van der Waals surface area contributed by atoms with E-state index in [4.69, 9.17) is 0 Å². The number of amides is 1. The van der Waals surface area contributed by atoms with Gasteiger partial charge in [0.2, 0.25) is 5.91 Å². The first-order valence-electron chi connectivity index (χ1n) is 8.04. The van der Waals surface area contributed by atoms with E-state index in [2.05, 4.69) is 13.8 Å². The van der Waals surface area contributed by atoms with Crippen molar-refractivity contribution in [1.82, 2.24) is 9.80 Å². The van der Waals surface area contributed by atoms with Crippen LogP contribution in [0.15, 0.2) is 30.3 Å². The van der Waals surface area contributed by atoms with Crippen molar-refractivity contribution in [2.75, 3.05) is 38.2 Å². The second-order valence-corrected chi connectivity index (χ2v) is 8.92. The summed E-state index contributed by atoms with van der Waals surface area (Å²) >= 11 is 0. The number of carbonyl (C=O) groups excluding carboxylic acids is 1. The quantitative estimate of drug-likeness (QED) is 0.818. The number of rotatable bonds is 5. The maximum atomic E-state index is 13.0. The van der Waals surface area contributed by atoms with Crippen LogP contribution >= 0.6 is 0 Å².